The van der Waals surface area contributed by atoms with Crippen molar-refractivity contribution in [3.63, 3.8) is 0 Å². The molecule has 0 saturated carbocycles. The zero-order valence-electron chi connectivity index (χ0n) is 14.1. The minimum Gasteiger partial charge on any atom is -0.302 e. The van der Waals surface area contributed by atoms with E-state index in [1.54, 1.807) is 12.4 Å². The van der Waals surface area contributed by atoms with E-state index in [1.807, 2.05) is 29.6 Å². The average Bonchev–Trinajstić information content (AvgIpc) is 3.15. The SMILES string of the molecule is O=C(CCc1cccnc1)Nc1nc(-c2ccc3ccccc3c2)cs1. The van der Waals surface area contributed by atoms with E-state index in [2.05, 4.69) is 45.6 Å². The van der Waals surface area contributed by atoms with E-state index in [4.69, 9.17) is 0 Å². The molecule has 0 fully saturated rings. The molecule has 1 N–H and O–H groups in total. The van der Waals surface area contributed by atoms with Crippen molar-refractivity contribution in [3.8, 4) is 11.3 Å². The Morgan fingerprint density at radius 3 is 2.77 bits per heavy atom. The highest BCUT2D eigenvalue weighted by Gasteiger charge is 2.09. The number of rotatable bonds is 5. The number of anilines is 1. The number of aromatic nitrogens is 2. The van der Waals surface area contributed by atoms with Crippen molar-refractivity contribution < 1.29 is 4.79 Å². The maximum absolute atomic E-state index is 12.1. The number of nitrogens with zero attached hydrogens (tertiary/aromatic N) is 2. The van der Waals surface area contributed by atoms with Crippen LogP contribution in [0.4, 0.5) is 5.13 Å². The summed E-state index contributed by atoms with van der Waals surface area (Å²) in [4.78, 5) is 20.8. The number of carbonyl (C=O) groups excluding carboxylic acids is 1. The van der Waals surface area contributed by atoms with E-state index < -0.39 is 0 Å². The first-order valence-electron chi connectivity index (χ1n) is 8.41. The highest BCUT2D eigenvalue weighted by molar-refractivity contribution is 7.14. The van der Waals surface area contributed by atoms with Crippen molar-refractivity contribution in [2.45, 2.75) is 12.8 Å². The van der Waals surface area contributed by atoms with Crippen molar-refractivity contribution in [2.75, 3.05) is 5.32 Å². The van der Waals surface area contributed by atoms with Gasteiger partial charge in [-0.3, -0.25) is 9.78 Å². The van der Waals surface area contributed by atoms with Gasteiger partial charge in [-0.1, -0.05) is 42.5 Å². The third kappa shape index (κ3) is 3.78. The number of amides is 1. The lowest BCUT2D eigenvalue weighted by atomic mass is 10.1. The Labute approximate surface area is 155 Å². The van der Waals surface area contributed by atoms with Gasteiger partial charge in [0.25, 0.3) is 0 Å². The normalized spacial score (nSPS) is 10.8. The first-order chi connectivity index (χ1) is 12.8. The van der Waals surface area contributed by atoms with Crippen LogP contribution in [0, 0.1) is 0 Å². The van der Waals surface area contributed by atoms with Crippen LogP contribution in [-0.2, 0) is 11.2 Å². The lowest BCUT2D eigenvalue weighted by Crippen LogP contribution is -2.12. The molecule has 4 nitrogen and oxygen atoms in total. The number of hydrogen-bond donors (Lipinski definition) is 1. The minimum atomic E-state index is -0.0340. The van der Waals surface area contributed by atoms with E-state index in [0.29, 0.717) is 18.0 Å². The molecule has 0 aliphatic heterocycles. The Balaban J connectivity index is 1.43. The summed E-state index contributed by atoms with van der Waals surface area (Å²) < 4.78 is 0. The molecule has 0 radical (unpaired) electrons. The number of thiazole rings is 1. The van der Waals surface area contributed by atoms with Crippen LogP contribution < -0.4 is 5.32 Å². The first-order valence-corrected chi connectivity index (χ1v) is 9.29. The number of fused-ring (bicyclic) bond motifs is 1. The Hall–Kier alpha value is -3.05. The summed E-state index contributed by atoms with van der Waals surface area (Å²) in [6, 6.07) is 18.4. The van der Waals surface area contributed by atoms with Crippen molar-refractivity contribution in [1.82, 2.24) is 9.97 Å². The molecule has 0 aliphatic rings. The molecule has 128 valence electrons. The fourth-order valence-corrected chi connectivity index (χ4v) is 3.53. The molecule has 1 amide bonds. The number of pyridine rings is 1. The lowest BCUT2D eigenvalue weighted by Gasteiger charge is -2.02. The van der Waals surface area contributed by atoms with E-state index >= 15 is 0 Å². The van der Waals surface area contributed by atoms with Crippen molar-refractivity contribution >= 4 is 33.1 Å². The van der Waals surface area contributed by atoms with Crippen LogP contribution in [-0.4, -0.2) is 15.9 Å². The van der Waals surface area contributed by atoms with E-state index in [0.717, 1.165) is 16.8 Å². The molecule has 2 aromatic heterocycles. The summed E-state index contributed by atoms with van der Waals surface area (Å²) >= 11 is 1.44. The average molecular weight is 359 g/mol. The predicted molar refractivity (Wildman–Crippen MR) is 106 cm³/mol. The molecule has 0 aliphatic carbocycles. The van der Waals surface area contributed by atoms with Gasteiger partial charge >= 0.3 is 0 Å². The highest BCUT2D eigenvalue weighted by Crippen LogP contribution is 2.27. The van der Waals surface area contributed by atoms with Crippen molar-refractivity contribution in [2.24, 2.45) is 0 Å². The number of aryl methyl sites for hydroxylation is 1. The summed E-state index contributed by atoms with van der Waals surface area (Å²) in [6.07, 6.45) is 4.60. The maximum Gasteiger partial charge on any atom is 0.226 e. The predicted octanol–water partition coefficient (Wildman–Crippen LogP) is 4.93. The van der Waals surface area contributed by atoms with Crippen LogP contribution >= 0.6 is 11.3 Å². The van der Waals surface area contributed by atoms with E-state index in [9.17, 15) is 4.79 Å². The summed E-state index contributed by atoms with van der Waals surface area (Å²) in [5, 5.41) is 7.87. The Morgan fingerprint density at radius 1 is 1.04 bits per heavy atom. The zero-order valence-corrected chi connectivity index (χ0v) is 14.9. The number of nitrogens with one attached hydrogen (secondary N) is 1. The van der Waals surface area contributed by atoms with Gasteiger partial charge < -0.3 is 5.32 Å². The van der Waals surface area contributed by atoms with E-state index in [-0.39, 0.29) is 5.91 Å². The Kier molecular flexibility index (Phi) is 4.71. The van der Waals surface area contributed by atoms with Gasteiger partial charge in [-0.25, -0.2) is 4.98 Å². The molecule has 0 spiro atoms. The topological polar surface area (TPSA) is 54.9 Å². The van der Waals surface area contributed by atoms with Crippen molar-refractivity contribution in [1.29, 1.82) is 0 Å². The monoisotopic (exact) mass is 359 g/mol. The van der Waals surface area contributed by atoms with Gasteiger partial charge in [0, 0.05) is 29.8 Å². The van der Waals surface area contributed by atoms with Gasteiger partial charge in [0.15, 0.2) is 5.13 Å². The van der Waals surface area contributed by atoms with Crippen LogP contribution in [0.15, 0.2) is 72.4 Å². The number of benzene rings is 2. The molecule has 0 bridgehead atoms. The van der Waals surface area contributed by atoms with Gasteiger partial charge in [0.1, 0.15) is 0 Å². The van der Waals surface area contributed by atoms with E-state index in [1.165, 1.54) is 22.1 Å². The second-order valence-corrected chi connectivity index (χ2v) is 6.87. The van der Waals surface area contributed by atoms with Crippen LogP contribution in [0.25, 0.3) is 22.0 Å². The number of carbonyl (C=O) groups is 1. The van der Waals surface area contributed by atoms with Gasteiger partial charge in [-0.15, -0.1) is 11.3 Å². The van der Waals surface area contributed by atoms with Crippen molar-refractivity contribution in [3.05, 3.63) is 77.9 Å². The van der Waals surface area contributed by atoms with Crippen LogP contribution in [0.1, 0.15) is 12.0 Å². The molecular weight excluding hydrogens is 342 g/mol. The first kappa shape index (κ1) is 16.4. The molecule has 0 atom stereocenters. The summed E-state index contributed by atoms with van der Waals surface area (Å²) in [5.41, 5.74) is 2.98. The van der Waals surface area contributed by atoms with Crippen LogP contribution in [0.2, 0.25) is 0 Å². The smallest absolute Gasteiger partial charge is 0.226 e. The minimum absolute atomic E-state index is 0.0340. The maximum atomic E-state index is 12.1. The molecule has 0 unspecified atom stereocenters. The molecule has 0 saturated heterocycles. The Morgan fingerprint density at radius 2 is 1.92 bits per heavy atom. The van der Waals surface area contributed by atoms with Gasteiger partial charge in [0.2, 0.25) is 5.91 Å². The quantitative estimate of drug-likeness (QED) is 0.550. The standard InChI is InChI=1S/C21H17N3OS/c25-20(10-7-15-4-3-11-22-13-15)24-21-23-19(14-26-21)18-9-8-16-5-1-2-6-17(16)12-18/h1-6,8-9,11-14H,7,10H2,(H,23,24,25). The number of hydrogen-bond acceptors (Lipinski definition) is 4. The molecule has 2 heterocycles. The molecule has 4 aromatic rings. The molecule has 5 heteroatoms. The second-order valence-electron chi connectivity index (χ2n) is 6.01. The van der Waals surface area contributed by atoms with Crippen LogP contribution in [0.5, 0.6) is 0 Å². The lowest BCUT2D eigenvalue weighted by molar-refractivity contribution is -0.116. The zero-order chi connectivity index (χ0) is 17.8. The third-order valence-electron chi connectivity index (χ3n) is 4.16. The fourth-order valence-electron chi connectivity index (χ4n) is 2.80. The largest absolute Gasteiger partial charge is 0.302 e. The van der Waals surface area contributed by atoms with Gasteiger partial charge in [-0.2, -0.15) is 0 Å². The second kappa shape index (κ2) is 7.45. The fraction of sp³-hybridized carbons (Fsp3) is 0.0952. The van der Waals surface area contributed by atoms with Crippen LogP contribution in [0.3, 0.4) is 0 Å². The molecule has 4 rings (SSSR count). The van der Waals surface area contributed by atoms with Gasteiger partial charge in [-0.05, 0) is 34.9 Å². The third-order valence-corrected chi connectivity index (χ3v) is 4.92. The molecular formula is C21H17N3OS. The summed E-state index contributed by atoms with van der Waals surface area (Å²) in [6.45, 7) is 0. The molecule has 2 aromatic carbocycles. The highest BCUT2D eigenvalue weighted by atomic mass is 32.1. The van der Waals surface area contributed by atoms with Gasteiger partial charge in [0.05, 0.1) is 5.69 Å². The Bertz CT molecular complexity index is 1040. The summed E-state index contributed by atoms with van der Waals surface area (Å²) in [7, 11) is 0. The molecule has 26 heavy (non-hydrogen) atoms. The summed E-state index contributed by atoms with van der Waals surface area (Å²) in [5.74, 6) is -0.0340.